The summed E-state index contributed by atoms with van der Waals surface area (Å²) in [5, 5.41) is 3.26. The van der Waals surface area contributed by atoms with Crippen LogP contribution >= 0.6 is 0 Å². The first kappa shape index (κ1) is 16.1. The lowest BCUT2D eigenvalue weighted by molar-refractivity contribution is -0.137. The van der Waals surface area contributed by atoms with E-state index in [4.69, 9.17) is 0 Å². The van der Waals surface area contributed by atoms with Crippen molar-refractivity contribution in [3.63, 3.8) is 0 Å². The molecule has 2 aromatic rings. The molecule has 1 N–H and O–H groups in total. The third-order valence-electron chi connectivity index (χ3n) is 4.44. The van der Waals surface area contributed by atoms with Crippen LogP contribution in [0.2, 0.25) is 0 Å². The van der Waals surface area contributed by atoms with Crippen LogP contribution in [0.4, 0.5) is 13.2 Å². The largest absolute Gasteiger partial charge is 0.416 e. The van der Waals surface area contributed by atoms with Gasteiger partial charge in [0.15, 0.2) is 0 Å². The van der Waals surface area contributed by atoms with Crippen molar-refractivity contribution in [2.45, 2.75) is 31.9 Å². The molecule has 0 spiro atoms. The van der Waals surface area contributed by atoms with E-state index in [0.29, 0.717) is 5.56 Å². The van der Waals surface area contributed by atoms with Gasteiger partial charge >= 0.3 is 6.18 Å². The molecule has 1 fully saturated rings. The molecule has 1 aliphatic rings. The number of piperidine rings is 1. The monoisotopic (exact) mass is 319 g/mol. The number of hydrogen-bond acceptors (Lipinski definition) is 1. The minimum Gasteiger partial charge on any atom is -0.317 e. The average Bonchev–Trinajstić information content (AvgIpc) is 2.54. The lowest BCUT2D eigenvalue weighted by atomic mass is 9.87. The first-order chi connectivity index (χ1) is 10.9. The summed E-state index contributed by atoms with van der Waals surface area (Å²) in [7, 11) is 0. The summed E-state index contributed by atoms with van der Waals surface area (Å²) in [6, 6.07) is 12.2. The van der Waals surface area contributed by atoms with Gasteiger partial charge in [-0.2, -0.15) is 13.2 Å². The molecule has 0 bridgehead atoms. The highest BCUT2D eigenvalue weighted by atomic mass is 19.4. The maximum atomic E-state index is 13.3. The molecule has 3 rings (SSSR count). The summed E-state index contributed by atoms with van der Waals surface area (Å²) >= 11 is 0. The minimum atomic E-state index is -4.32. The van der Waals surface area contributed by atoms with E-state index in [1.165, 1.54) is 12.1 Å². The van der Waals surface area contributed by atoms with Gasteiger partial charge in [0.2, 0.25) is 0 Å². The van der Waals surface area contributed by atoms with Gasteiger partial charge in [0.25, 0.3) is 0 Å². The molecule has 0 saturated carbocycles. The minimum absolute atomic E-state index is 0.196. The Labute approximate surface area is 134 Å². The Morgan fingerprint density at radius 1 is 0.957 bits per heavy atom. The van der Waals surface area contributed by atoms with Crippen molar-refractivity contribution < 1.29 is 13.2 Å². The number of alkyl halides is 3. The lowest BCUT2D eigenvalue weighted by Crippen LogP contribution is -2.26. The number of benzene rings is 2. The molecule has 0 aliphatic carbocycles. The second-order valence-corrected chi connectivity index (χ2v) is 6.24. The summed E-state index contributed by atoms with van der Waals surface area (Å²) in [5.74, 6) is 0.196. The highest BCUT2D eigenvalue weighted by Gasteiger charge is 2.32. The summed E-state index contributed by atoms with van der Waals surface area (Å²) in [6.45, 7) is 3.67. The van der Waals surface area contributed by atoms with E-state index in [1.54, 1.807) is 0 Å². The van der Waals surface area contributed by atoms with Gasteiger partial charge in [-0.25, -0.2) is 0 Å². The summed E-state index contributed by atoms with van der Waals surface area (Å²) < 4.78 is 39.9. The van der Waals surface area contributed by atoms with Crippen molar-refractivity contribution in [3.05, 3.63) is 59.2 Å². The number of halogens is 3. The second-order valence-electron chi connectivity index (χ2n) is 6.24. The van der Waals surface area contributed by atoms with Crippen LogP contribution in [-0.2, 0) is 6.18 Å². The van der Waals surface area contributed by atoms with E-state index in [0.717, 1.165) is 42.6 Å². The van der Waals surface area contributed by atoms with Crippen molar-refractivity contribution in [3.8, 4) is 11.1 Å². The van der Waals surface area contributed by atoms with E-state index in [-0.39, 0.29) is 5.92 Å². The summed E-state index contributed by atoms with van der Waals surface area (Å²) in [4.78, 5) is 0. The van der Waals surface area contributed by atoms with Crippen LogP contribution in [-0.4, -0.2) is 13.1 Å². The molecule has 0 amide bonds. The first-order valence-electron chi connectivity index (χ1n) is 7.93. The Balaban J connectivity index is 2.08. The fourth-order valence-corrected chi connectivity index (χ4v) is 3.20. The molecule has 23 heavy (non-hydrogen) atoms. The Bertz CT molecular complexity index is 685. The Morgan fingerprint density at radius 2 is 1.70 bits per heavy atom. The lowest BCUT2D eigenvalue weighted by Gasteiger charge is -2.24. The van der Waals surface area contributed by atoms with Gasteiger partial charge in [0, 0.05) is 0 Å². The van der Waals surface area contributed by atoms with Crippen molar-refractivity contribution >= 4 is 0 Å². The quantitative estimate of drug-likeness (QED) is 0.807. The Kier molecular flexibility index (Phi) is 4.44. The van der Waals surface area contributed by atoms with Gasteiger partial charge in [-0.3, -0.25) is 0 Å². The summed E-state index contributed by atoms with van der Waals surface area (Å²) in [6.07, 6.45) is -2.55. The van der Waals surface area contributed by atoms with Crippen molar-refractivity contribution in [2.24, 2.45) is 0 Å². The van der Waals surface area contributed by atoms with E-state index < -0.39 is 11.7 Å². The molecule has 0 atom stereocenters. The maximum Gasteiger partial charge on any atom is 0.416 e. The van der Waals surface area contributed by atoms with Crippen LogP contribution in [0.3, 0.4) is 0 Å². The third kappa shape index (κ3) is 3.75. The van der Waals surface area contributed by atoms with Crippen molar-refractivity contribution in [1.29, 1.82) is 0 Å². The Hall–Kier alpha value is -1.81. The predicted octanol–water partition coefficient (Wildman–Crippen LogP) is 5.15. The maximum absolute atomic E-state index is 13.3. The molecule has 0 radical (unpaired) electrons. The molecule has 1 saturated heterocycles. The molecule has 1 heterocycles. The summed E-state index contributed by atoms with van der Waals surface area (Å²) in [5.41, 5.74) is 2.79. The zero-order chi connectivity index (χ0) is 16.4. The van der Waals surface area contributed by atoms with Crippen molar-refractivity contribution in [1.82, 2.24) is 5.32 Å². The van der Waals surface area contributed by atoms with Crippen LogP contribution in [0.5, 0.6) is 0 Å². The van der Waals surface area contributed by atoms with E-state index in [9.17, 15) is 13.2 Å². The van der Waals surface area contributed by atoms with Gasteiger partial charge < -0.3 is 5.32 Å². The van der Waals surface area contributed by atoms with E-state index in [2.05, 4.69) is 5.32 Å². The van der Waals surface area contributed by atoms with Gasteiger partial charge in [0.05, 0.1) is 5.56 Å². The van der Waals surface area contributed by atoms with Gasteiger partial charge in [-0.1, -0.05) is 35.9 Å². The molecule has 4 heteroatoms. The van der Waals surface area contributed by atoms with Crippen molar-refractivity contribution in [2.75, 3.05) is 13.1 Å². The van der Waals surface area contributed by atoms with E-state index >= 15 is 0 Å². The predicted molar refractivity (Wildman–Crippen MR) is 86.5 cm³/mol. The molecule has 122 valence electrons. The zero-order valence-electron chi connectivity index (χ0n) is 13.1. The molecular weight excluding hydrogens is 299 g/mol. The normalized spacial score (nSPS) is 16.5. The number of hydrogen-bond donors (Lipinski definition) is 1. The fraction of sp³-hybridized carbons (Fsp3) is 0.368. The van der Waals surface area contributed by atoms with Crippen LogP contribution < -0.4 is 5.32 Å². The SMILES string of the molecule is Cc1cccc(-c2cc(C3CCNCC3)cc(C(F)(F)F)c2)c1. The zero-order valence-corrected chi connectivity index (χ0v) is 13.1. The average molecular weight is 319 g/mol. The molecule has 0 aromatic heterocycles. The number of aryl methyl sites for hydroxylation is 1. The molecule has 1 nitrogen and oxygen atoms in total. The molecule has 1 aliphatic heterocycles. The van der Waals surface area contributed by atoms with Crippen LogP contribution in [0.1, 0.15) is 35.4 Å². The Morgan fingerprint density at radius 3 is 2.35 bits per heavy atom. The number of rotatable bonds is 2. The van der Waals surface area contributed by atoms with Crippen LogP contribution in [0.25, 0.3) is 11.1 Å². The molecule has 2 aromatic carbocycles. The standard InChI is InChI=1S/C19H20F3N/c1-13-3-2-4-15(9-13)17-10-16(14-5-7-23-8-6-14)11-18(12-17)19(20,21)22/h2-4,9-12,14,23H,5-8H2,1H3. The van der Waals surface area contributed by atoms with Gasteiger partial charge in [-0.05, 0) is 67.6 Å². The van der Waals surface area contributed by atoms with Gasteiger partial charge in [-0.15, -0.1) is 0 Å². The fourth-order valence-electron chi connectivity index (χ4n) is 3.20. The highest BCUT2D eigenvalue weighted by molar-refractivity contribution is 5.66. The first-order valence-corrected chi connectivity index (χ1v) is 7.93. The highest BCUT2D eigenvalue weighted by Crippen LogP contribution is 2.37. The van der Waals surface area contributed by atoms with Crippen LogP contribution in [0.15, 0.2) is 42.5 Å². The topological polar surface area (TPSA) is 12.0 Å². The number of nitrogens with one attached hydrogen (secondary N) is 1. The van der Waals surface area contributed by atoms with Crippen LogP contribution in [0, 0.1) is 6.92 Å². The van der Waals surface area contributed by atoms with Gasteiger partial charge in [0.1, 0.15) is 0 Å². The third-order valence-corrected chi connectivity index (χ3v) is 4.44. The van der Waals surface area contributed by atoms with E-state index in [1.807, 2.05) is 37.3 Å². The smallest absolute Gasteiger partial charge is 0.317 e. The molecular formula is C19H20F3N. The second kappa shape index (κ2) is 6.36. The molecule has 0 unspecified atom stereocenters.